The number of amides is 2. The molecule has 2 amide bonds. The third kappa shape index (κ3) is 5.56. The van der Waals surface area contributed by atoms with Crippen molar-refractivity contribution in [3.8, 4) is 5.75 Å². The Balaban J connectivity index is 1.90. The largest absolute Gasteiger partial charge is 0.495 e. The molecule has 0 aliphatic heterocycles. The van der Waals surface area contributed by atoms with Crippen LogP contribution in [0.4, 0.5) is 5.69 Å². The molecule has 3 aromatic rings. The van der Waals surface area contributed by atoms with Crippen molar-refractivity contribution >= 4 is 39.5 Å². The highest BCUT2D eigenvalue weighted by Crippen LogP contribution is 2.23. The Labute approximate surface area is 177 Å². The van der Waals surface area contributed by atoms with Gasteiger partial charge in [0.05, 0.1) is 12.8 Å². The van der Waals surface area contributed by atoms with Crippen LogP contribution < -0.4 is 15.4 Å². The molecular weight excluding hydrogens is 432 g/mol. The van der Waals surface area contributed by atoms with Crippen molar-refractivity contribution < 1.29 is 14.3 Å². The Kier molecular flexibility index (Phi) is 6.81. The molecule has 0 bridgehead atoms. The van der Waals surface area contributed by atoms with Crippen molar-refractivity contribution in [1.29, 1.82) is 0 Å². The first-order valence-electron chi connectivity index (χ1n) is 8.85. The van der Waals surface area contributed by atoms with Crippen LogP contribution in [0.15, 0.2) is 89.0 Å². The molecule has 0 aliphatic carbocycles. The third-order valence-corrected chi connectivity index (χ3v) is 4.59. The van der Waals surface area contributed by atoms with Gasteiger partial charge in [0.2, 0.25) is 0 Å². The lowest BCUT2D eigenvalue weighted by Crippen LogP contribution is -2.30. The standard InChI is InChI=1S/C23H19BrN2O3/c1-29-21-10-6-5-9-19(21)25-23(28)20(15-16-11-13-18(24)14-12-16)26-22(27)17-7-3-2-4-8-17/h2-15H,1H3,(H,25,28)(H,26,27)/b20-15-. The number of ether oxygens (including phenoxy) is 1. The normalized spacial score (nSPS) is 10.9. The molecule has 29 heavy (non-hydrogen) atoms. The maximum absolute atomic E-state index is 13.0. The lowest BCUT2D eigenvalue weighted by Gasteiger charge is -2.13. The van der Waals surface area contributed by atoms with E-state index in [-0.39, 0.29) is 11.6 Å². The van der Waals surface area contributed by atoms with Crippen LogP contribution in [0.25, 0.3) is 6.08 Å². The zero-order valence-corrected chi connectivity index (χ0v) is 17.3. The fourth-order valence-electron chi connectivity index (χ4n) is 2.61. The fourth-order valence-corrected chi connectivity index (χ4v) is 2.87. The van der Waals surface area contributed by atoms with Crippen molar-refractivity contribution in [3.05, 3.63) is 100 Å². The molecule has 3 rings (SSSR count). The van der Waals surface area contributed by atoms with Crippen molar-refractivity contribution in [2.75, 3.05) is 12.4 Å². The summed E-state index contributed by atoms with van der Waals surface area (Å²) in [6, 6.07) is 23.2. The molecule has 3 aromatic carbocycles. The SMILES string of the molecule is COc1ccccc1NC(=O)/C(=C/c1ccc(Br)cc1)NC(=O)c1ccccc1. The number of benzene rings is 3. The first-order valence-corrected chi connectivity index (χ1v) is 9.64. The maximum atomic E-state index is 13.0. The van der Waals surface area contributed by atoms with E-state index in [1.165, 1.54) is 7.11 Å². The summed E-state index contributed by atoms with van der Waals surface area (Å²) in [6.07, 6.45) is 1.62. The van der Waals surface area contributed by atoms with Gasteiger partial charge < -0.3 is 15.4 Å². The van der Waals surface area contributed by atoms with Crippen LogP contribution >= 0.6 is 15.9 Å². The Bertz CT molecular complexity index is 1030. The van der Waals surface area contributed by atoms with Crippen LogP contribution in [0.2, 0.25) is 0 Å². The molecule has 0 spiro atoms. The highest BCUT2D eigenvalue weighted by atomic mass is 79.9. The van der Waals surface area contributed by atoms with Crippen molar-refractivity contribution in [2.24, 2.45) is 0 Å². The summed E-state index contributed by atoms with van der Waals surface area (Å²) in [5.41, 5.74) is 1.86. The zero-order chi connectivity index (χ0) is 20.6. The van der Waals surface area contributed by atoms with E-state index in [1.807, 2.05) is 36.4 Å². The Hall–Kier alpha value is -3.38. The number of rotatable bonds is 6. The van der Waals surface area contributed by atoms with E-state index in [0.29, 0.717) is 17.0 Å². The van der Waals surface area contributed by atoms with Crippen LogP contribution in [-0.2, 0) is 4.79 Å². The highest BCUT2D eigenvalue weighted by Gasteiger charge is 2.16. The third-order valence-electron chi connectivity index (χ3n) is 4.06. The summed E-state index contributed by atoms with van der Waals surface area (Å²) in [5.74, 6) is -0.302. The zero-order valence-electron chi connectivity index (χ0n) is 15.7. The number of halogens is 1. The summed E-state index contributed by atoms with van der Waals surface area (Å²) < 4.78 is 6.20. The molecule has 0 radical (unpaired) electrons. The molecule has 5 nitrogen and oxygen atoms in total. The summed E-state index contributed by atoms with van der Waals surface area (Å²) in [5, 5.41) is 5.51. The first-order chi connectivity index (χ1) is 14.1. The second-order valence-corrected chi connectivity index (χ2v) is 7.00. The molecule has 0 saturated carbocycles. The smallest absolute Gasteiger partial charge is 0.272 e. The van der Waals surface area contributed by atoms with Crippen molar-refractivity contribution in [1.82, 2.24) is 5.32 Å². The predicted octanol–water partition coefficient (Wildman–Crippen LogP) is 4.87. The Morgan fingerprint density at radius 2 is 1.55 bits per heavy atom. The molecule has 0 aliphatic rings. The fraction of sp³-hybridized carbons (Fsp3) is 0.0435. The van der Waals surface area contributed by atoms with Gasteiger partial charge in [-0.2, -0.15) is 0 Å². The van der Waals surface area contributed by atoms with E-state index in [4.69, 9.17) is 4.74 Å². The lowest BCUT2D eigenvalue weighted by molar-refractivity contribution is -0.113. The van der Waals surface area contributed by atoms with Gasteiger partial charge in [-0.1, -0.05) is 58.4 Å². The molecule has 2 N–H and O–H groups in total. The van der Waals surface area contributed by atoms with Crippen molar-refractivity contribution in [3.63, 3.8) is 0 Å². The Morgan fingerprint density at radius 1 is 0.897 bits per heavy atom. The number of nitrogens with one attached hydrogen (secondary N) is 2. The molecule has 0 fully saturated rings. The number of hydrogen-bond acceptors (Lipinski definition) is 3. The van der Waals surface area contributed by atoms with Gasteiger partial charge in [0.25, 0.3) is 11.8 Å². The topological polar surface area (TPSA) is 67.4 Å². The van der Waals surface area contributed by atoms with Crippen LogP contribution in [0.3, 0.4) is 0 Å². The number of hydrogen-bond donors (Lipinski definition) is 2. The molecule has 0 aromatic heterocycles. The quantitative estimate of drug-likeness (QED) is 0.526. The summed E-state index contributed by atoms with van der Waals surface area (Å²) >= 11 is 3.39. The minimum absolute atomic E-state index is 0.118. The van der Waals surface area contributed by atoms with Crippen molar-refractivity contribution in [2.45, 2.75) is 0 Å². The van der Waals surface area contributed by atoms with Crippen LogP contribution in [0.1, 0.15) is 15.9 Å². The van der Waals surface area contributed by atoms with E-state index in [0.717, 1.165) is 10.0 Å². The van der Waals surface area contributed by atoms with E-state index in [2.05, 4.69) is 26.6 Å². The molecule has 6 heteroatoms. The lowest BCUT2D eigenvalue weighted by atomic mass is 10.1. The summed E-state index contributed by atoms with van der Waals surface area (Å²) in [7, 11) is 1.53. The van der Waals surface area contributed by atoms with E-state index in [9.17, 15) is 9.59 Å². The van der Waals surface area contributed by atoms with E-state index >= 15 is 0 Å². The average Bonchev–Trinajstić information content (AvgIpc) is 2.75. The van der Waals surface area contributed by atoms with E-state index in [1.54, 1.807) is 48.5 Å². The molecular formula is C23H19BrN2O3. The van der Waals surface area contributed by atoms with Crippen LogP contribution in [0.5, 0.6) is 5.75 Å². The van der Waals surface area contributed by atoms with Gasteiger partial charge in [-0.25, -0.2) is 0 Å². The molecule has 146 valence electrons. The van der Waals surface area contributed by atoms with Crippen LogP contribution in [0, 0.1) is 0 Å². The molecule has 0 saturated heterocycles. The second-order valence-electron chi connectivity index (χ2n) is 6.08. The van der Waals surface area contributed by atoms with Gasteiger partial charge in [0, 0.05) is 10.0 Å². The Morgan fingerprint density at radius 3 is 2.24 bits per heavy atom. The molecule has 0 unspecified atom stereocenters. The number of methoxy groups -OCH3 is 1. The van der Waals surface area contributed by atoms with Gasteiger partial charge in [0.1, 0.15) is 11.4 Å². The number of carbonyl (C=O) groups excluding carboxylic acids is 2. The summed E-state index contributed by atoms with van der Waals surface area (Å²) in [4.78, 5) is 25.6. The van der Waals surface area contributed by atoms with Gasteiger partial charge >= 0.3 is 0 Å². The van der Waals surface area contributed by atoms with Gasteiger partial charge in [-0.15, -0.1) is 0 Å². The monoisotopic (exact) mass is 450 g/mol. The second kappa shape index (κ2) is 9.71. The van der Waals surface area contributed by atoms with Gasteiger partial charge in [-0.05, 0) is 48.0 Å². The molecule has 0 heterocycles. The average molecular weight is 451 g/mol. The highest BCUT2D eigenvalue weighted by molar-refractivity contribution is 9.10. The minimum atomic E-state index is -0.457. The first kappa shape index (κ1) is 20.4. The van der Waals surface area contributed by atoms with Crippen LogP contribution in [-0.4, -0.2) is 18.9 Å². The van der Waals surface area contributed by atoms with E-state index < -0.39 is 5.91 Å². The van der Waals surface area contributed by atoms with Gasteiger partial charge in [-0.3, -0.25) is 9.59 Å². The van der Waals surface area contributed by atoms with Gasteiger partial charge in [0.15, 0.2) is 0 Å². The summed E-state index contributed by atoms with van der Waals surface area (Å²) in [6.45, 7) is 0. The number of anilines is 1. The number of para-hydroxylation sites is 2. The number of carbonyl (C=O) groups is 2. The molecule has 0 atom stereocenters. The maximum Gasteiger partial charge on any atom is 0.272 e. The minimum Gasteiger partial charge on any atom is -0.495 e. The predicted molar refractivity (Wildman–Crippen MR) is 118 cm³/mol.